The zero-order valence-corrected chi connectivity index (χ0v) is 20.5. The van der Waals surface area contributed by atoms with Crippen LogP contribution >= 0.6 is 0 Å². The van der Waals surface area contributed by atoms with E-state index >= 15 is 0 Å². The van der Waals surface area contributed by atoms with Crippen LogP contribution in [-0.2, 0) is 16.2 Å². The highest BCUT2D eigenvalue weighted by Gasteiger charge is 2.30. The Hall–Kier alpha value is -3.04. The predicted octanol–water partition coefficient (Wildman–Crippen LogP) is 4.72. The molecule has 0 radical (unpaired) electrons. The number of halogens is 1. The Morgan fingerprint density at radius 1 is 1.15 bits per heavy atom. The van der Waals surface area contributed by atoms with E-state index in [1.165, 1.54) is 24.1 Å². The number of urea groups is 1. The van der Waals surface area contributed by atoms with Crippen molar-refractivity contribution in [3.8, 4) is 0 Å². The number of rotatable bonds is 6. The van der Waals surface area contributed by atoms with Gasteiger partial charge in [0.05, 0.1) is 23.5 Å². The van der Waals surface area contributed by atoms with E-state index in [1.54, 1.807) is 24.4 Å². The van der Waals surface area contributed by atoms with Crippen LogP contribution < -0.4 is 10.6 Å². The summed E-state index contributed by atoms with van der Waals surface area (Å²) in [5, 5.41) is 6.88. The van der Waals surface area contributed by atoms with Gasteiger partial charge in [0.25, 0.3) is 0 Å². The molecule has 1 aliphatic heterocycles. The normalized spacial score (nSPS) is 15.1. The van der Waals surface area contributed by atoms with Gasteiger partial charge < -0.3 is 10.6 Å². The Morgan fingerprint density at radius 3 is 2.41 bits per heavy atom. The van der Waals surface area contributed by atoms with Crippen molar-refractivity contribution in [1.82, 2.24) is 14.9 Å². The zero-order valence-electron chi connectivity index (χ0n) is 20.5. The average Bonchev–Trinajstić information content (AvgIpc) is 2.73. The lowest BCUT2D eigenvalue weighted by Gasteiger charge is -2.39. The molecular weight excluding hydrogens is 437 g/mol. The van der Waals surface area contributed by atoms with Gasteiger partial charge in [-0.05, 0) is 76.4 Å². The number of aromatic nitrogens is 1. The second-order valence-corrected chi connectivity index (χ2v) is 9.67. The Labute approximate surface area is 200 Å². The molecule has 184 valence electrons. The minimum absolute atomic E-state index is 0.0117. The number of hydrogen-bond donors (Lipinski definition) is 2. The van der Waals surface area contributed by atoms with Crippen molar-refractivity contribution in [3.63, 3.8) is 0 Å². The third kappa shape index (κ3) is 7.78. The molecule has 0 spiro atoms. The van der Waals surface area contributed by atoms with E-state index in [2.05, 4.69) is 20.5 Å². The van der Waals surface area contributed by atoms with Gasteiger partial charge in [0.15, 0.2) is 0 Å². The van der Waals surface area contributed by atoms with Crippen LogP contribution in [-0.4, -0.2) is 51.6 Å². The lowest BCUT2D eigenvalue weighted by molar-refractivity contribution is -0.245. The van der Waals surface area contributed by atoms with Crippen LogP contribution in [0.25, 0.3) is 0 Å². The monoisotopic (exact) mass is 471 g/mol. The standard InChI is InChI=1S/C25H34FN5O3/c1-17-6-7-21(15-27-17)28-24(33)29-22-13-19(12-20(26)14-22)16-30-10-8-23(9-11-30)31(18(2)32)34-25(3,4)5/h6-7,12-15,23H,8-11,16H2,1-5H3,(H2,28,29,33). The smallest absolute Gasteiger partial charge is 0.308 e. The number of hydroxylamine groups is 2. The Balaban J connectivity index is 1.56. The first-order chi connectivity index (χ1) is 16.0. The van der Waals surface area contributed by atoms with Crippen molar-refractivity contribution >= 4 is 23.3 Å². The van der Waals surface area contributed by atoms with Gasteiger partial charge in [-0.25, -0.2) is 14.2 Å². The lowest BCUT2D eigenvalue weighted by atomic mass is 10.0. The summed E-state index contributed by atoms with van der Waals surface area (Å²) in [6, 6.07) is 7.63. The second kappa shape index (κ2) is 10.9. The van der Waals surface area contributed by atoms with Gasteiger partial charge in [-0.2, -0.15) is 0 Å². The van der Waals surface area contributed by atoms with E-state index in [4.69, 9.17) is 4.84 Å². The summed E-state index contributed by atoms with van der Waals surface area (Å²) in [7, 11) is 0. The number of hydrogen-bond acceptors (Lipinski definition) is 5. The molecule has 34 heavy (non-hydrogen) atoms. The molecule has 2 aromatic rings. The maximum absolute atomic E-state index is 14.3. The van der Waals surface area contributed by atoms with Crippen molar-refractivity contribution in [3.05, 3.63) is 53.6 Å². The Morgan fingerprint density at radius 2 is 1.82 bits per heavy atom. The van der Waals surface area contributed by atoms with E-state index in [0.29, 0.717) is 17.9 Å². The molecule has 9 heteroatoms. The molecule has 1 aliphatic rings. The molecule has 3 rings (SSSR count). The summed E-state index contributed by atoms with van der Waals surface area (Å²) in [5.41, 5.74) is 2.10. The van der Waals surface area contributed by atoms with Gasteiger partial charge in [-0.15, -0.1) is 0 Å². The van der Waals surface area contributed by atoms with Crippen LogP contribution in [0.15, 0.2) is 36.5 Å². The number of benzene rings is 1. The number of aryl methyl sites for hydroxylation is 1. The highest BCUT2D eigenvalue weighted by Crippen LogP contribution is 2.23. The lowest BCUT2D eigenvalue weighted by Crippen LogP contribution is -2.49. The first-order valence-electron chi connectivity index (χ1n) is 11.5. The SMILES string of the molecule is CC(=O)N(OC(C)(C)C)C1CCN(Cc2cc(F)cc(NC(=O)Nc3ccc(C)nc3)c2)CC1. The number of amides is 3. The summed E-state index contributed by atoms with van der Waals surface area (Å²) in [6.45, 7) is 11.2. The quantitative estimate of drug-likeness (QED) is 0.596. The number of piperidine rings is 1. The summed E-state index contributed by atoms with van der Waals surface area (Å²) in [4.78, 5) is 36.6. The molecule has 1 aromatic heterocycles. The van der Waals surface area contributed by atoms with E-state index in [1.807, 2.05) is 27.7 Å². The van der Waals surface area contributed by atoms with Crippen molar-refractivity contribution < 1.29 is 18.8 Å². The number of carbonyl (C=O) groups is 2. The molecule has 0 bridgehead atoms. The molecule has 8 nitrogen and oxygen atoms in total. The van der Waals surface area contributed by atoms with E-state index in [0.717, 1.165) is 37.2 Å². The van der Waals surface area contributed by atoms with Crippen molar-refractivity contribution in [2.75, 3.05) is 23.7 Å². The van der Waals surface area contributed by atoms with E-state index in [9.17, 15) is 14.0 Å². The molecule has 1 aromatic carbocycles. The largest absolute Gasteiger partial charge is 0.323 e. The molecule has 2 N–H and O–H groups in total. The maximum atomic E-state index is 14.3. The third-order valence-corrected chi connectivity index (χ3v) is 5.36. The third-order valence-electron chi connectivity index (χ3n) is 5.36. The van der Waals surface area contributed by atoms with Crippen LogP contribution in [0.4, 0.5) is 20.6 Å². The fourth-order valence-electron chi connectivity index (χ4n) is 3.91. The first-order valence-corrected chi connectivity index (χ1v) is 11.5. The van der Waals surface area contributed by atoms with Gasteiger partial charge in [-0.3, -0.25) is 19.5 Å². The fourth-order valence-corrected chi connectivity index (χ4v) is 3.91. The molecule has 0 saturated carbocycles. The van der Waals surface area contributed by atoms with Crippen LogP contribution in [0.5, 0.6) is 0 Å². The van der Waals surface area contributed by atoms with E-state index in [-0.39, 0.29) is 11.9 Å². The van der Waals surface area contributed by atoms with Crippen molar-refractivity contribution in [2.24, 2.45) is 0 Å². The first kappa shape index (κ1) is 25.6. The van der Waals surface area contributed by atoms with Crippen molar-refractivity contribution in [1.29, 1.82) is 0 Å². The van der Waals surface area contributed by atoms with Crippen molar-refractivity contribution in [2.45, 2.75) is 65.6 Å². The Bertz CT molecular complexity index is 999. The predicted molar refractivity (Wildman–Crippen MR) is 130 cm³/mol. The summed E-state index contributed by atoms with van der Waals surface area (Å²) in [5.74, 6) is -0.519. The van der Waals surface area contributed by atoms with Gasteiger partial charge >= 0.3 is 6.03 Å². The van der Waals surface area contributed by atoms with Crippen LogP contribution in [0.3, 0.4) is 0 Å². The van der Waals surface area contributed by atoms with Gasteiger partial charge in [0, 0.05) is 37.9 Å². The fraction of sp³-hybridized carbons (Fsp3) is 0.480. The zero-order chi connectivity index (χ0) is 24.9. The number of nitrogens with zero attached hydrogens (tertiary/aromatic N) is 3. The van der Waals surface area contributed by atoms with Crippen LogP contribution in [0.2, 0.25) is 0 Å². The summed E-state index contributed by atoms with van der Waals surface area (Å²) in [6.07, 6.45) is 3.10. The Kier molecular flexibility index (Phi) is 8.22. The molecule has 2 heterocycles. The highest BCUT2D eigenvalue weighted by molar-refractivity contribution is 5.99. The van der Waals surface area contributed by atoms with Gasteiger partial charge in [-0.1, -0.05) is 0 Å². The molecule has 0 unspecified atom stereocenters. The highest BCUT2D eigenvalue weighted by atomic mass is 19.1. The second-order valence-electron chi connectivity index (χ2n) is 9.67. The minimum Gasteiger partial charge on any atom is -0.308 e. The van der Waals surface area contributed by atoms with Crippen LogP contribution in [0, 0.1) is 12.7 Å². The summed E-state index contributed by atoms with van der Waals surface area (Å²) >= 11 is 0. The molecule has 0 atom stereocenters. The topological polar surface area (TPSA) is 86.8 Å². The molecule has 1 fully saturated rings. The van der Waals surface area contributed by atoms with Crippen LogP contribution in [0.1, 0.15) is 51.8 Å². The maximum Gasteiger partial charge on any atom is 0.323 e. The van der Waals surface area contributed by atoms with Gasteiger partial charge in [0.2, 0.25) is 5.91 Å². The number of carbonyl (C=O) groups excluding carboxylic acids is 2. The van der Waals surface area contributed by atoms with Gasteiger partial charge in [0.1, 0.15) is 5.82 Å². The summed E-state index contributed by atoms with van der Waals surface area (Å²) < 4.78 is 14.3. The van der Waals surface area contributed by atoms with E-state index < -0.39 is 17.4 Å². The number of likely N-dealkylation sites (tertiary alicyclic amines) is 1. The molecular formula is C25H34FN5O3. The minimum atomic E-state index is -0.466. The average molecular weight is 472 g/mol. The molecule has 1 saturated heterocycles. The molecule has 3 amide bonds. The molecule has 0 aliphatic carbocycles. The number of nitrogens with one attached hydrogen (secondary N) is 2. The number of pyridine rings is 1. The number of anilines is 2.